The van der Waals surface area contributed by atoms with E-state index < -0.39 is 21.5 Å². The lowest BCUT2D eigenvalue weighted by molar-refractivity contribution is -0.824. The van der Waals surface area contributed by atoms with Crippen molar-refractivity contribution in [1.82, 2.24) is 0 Å². The van der Waals surface area contributed by atoms with Gasteiger partial charge in [-0.1, -0.05) is 4.39 Å². The van der Waals surface area contributed by atoms with Crippen LogP contribution in [0.25, 0.3) is 0 Å². The van der Waals surface area contributed by atoms with E-state index in [0.29, 0.717) is 0 Å². The lowest BCUT2D eigenvalue weighted by Crippen LogP contribution is -2.43. The van der Waals surface area contributed by atoms with Crippen molar-refractivity contribution in [3.63, 3.8) is 0 Å². The third kappa shape index (κ3) is 1.32. The summed E-state index contributed by atoms with van der Waals surface area (Å²) in [6.45, 7) is 0. The van der Waals surface area contributed by atoms with Crippen LogP contribution in [0.4, 0.5) is 4.39 Å². The van der Waals surface area contributed by atoms with Crippen LogP contribution in [0.15, 0.2) is 0 Å². The molecule has 0 bridgehead atoms. The summed E-state index contributed by atoms with van der Waals surface area (Å²) < 4.78 is 12.3. The first kappa shape index (κ1) is 9.08. The molecule has 0 radical (unpaired) electrons. The quantitative estimate of drug-likeness (QED) is 0.214. The smallest absolute Gasteiger partial charge is 0.256 e. The van der Waals surface area contributed by atoms with Crippen LogP contribution < -0.4 is 0 Å². The van der Waals surface area contributed by atoms with Crippen molar-refractivity contribution in [3.05, 3.63) is 20.2 Å². The number of thiol groups is 1. The van der Waals surface area contributed by atoms with E-state index in [2.05, 4.69) is 12.6 Å². The number of halogens is 1. The summed E-state index contributed by atoms with van der Waals surface area (Å²) in [4.78, 5) is 16.0. The molecule has 0 unspecified atom stereocenters. The lowest BCUT2D eigenvalue weighted by Gasteiger charge is -2.02. The van der Waals surface area contributed by atoms with Gasteiger partial charge in [-0.15, -0.1) is 0 Å². The zero-order chi connectivity index (χ0) is 8.36. The maximum Gasteiger partial charge on any atom is 0.622 e. The van der Waals surface area contributed by atoms with E-state index in [0.717, 1.165) is 0 Å². The lowest BCUT2D eigenvalue weighted by atomic mass is 10.6. The molecule has 10 heavy (non-hydrogen) atoms. The molecule has 0 fully saturated rings. The molecule has 0 amide bonds. The van der Waals surface area contributed by atoms with E-state index >= 15 is 0 Å². The molecule has 0 saturated carbocycles. The first-order valence-electron chi connectivity index (χ1n) is 2.04. The maximum atomic E-state index is 12.3. The van der Waals surface area contributed by atoms with E-state index in [1.165, 1.54) is 0 Å². The molecule has 0 aromatic carbocycles. The Morgan fingerprint density at radius 3 is 1.70 bits per heavy atom. The predicted molar refractivity (Wildman–Crippen MR) is 31.7 cm³/mol. The molecule has 0 saturated heterocycles. The number of hydrogen-bond donors (Lipinski definition) is 1. The Hall–Kier alpha value is -0.920. The van der Waals surface area contributed by atoms with Gasteiger partial charge in [0.15, 0.2) is 5.75 Å². The van der Waals surface area contributed by atoms with E-state index in [4.69, 9.17) is 0 Å². The average Bonchev–Trinajstić information content (AvgIpc) is 1.85. The summed E-state index contributed by atoms with van der Waals surface area (Å²) in [6.07, 6.45) is 0. The van der Waals surface area contributed by atoms with Gasteiger partial charge in [0.25, 0.3) is 0 Å². The van der Waals surface area contributed by atoms with Gasteiger partial charge in [-0.3, -0.25) is 20.2 Å². The summed E-state index contributed by atoms with van der Waals surface area (Å²) in [5.41, 5.74) is 0. The van der Waals surface area contributed by atoms with Crippen LogP contribution in [0.1, 0.15) is 0 Å². The summed E-state index contributed by atoms with van der Waals surface area (Å²) in [7, 11) is 0. The molecule has 58 valence electrons. The van der Waals surface area contributed by atoms with Gasteiger partial charge >= 0.3 is 5.92 Å². The van der Waals surface area contributed by atoms with Crippen molar-refractivity contribution in [3.8, 4) is 0 Å². The van der Waals surface area contributed by atoms with Crippen molar-refractivity contribution < 1.29 is 14.2 Å². The summed E-state index contributed by atoms with van der Waals surface area (Å²) >= 11 is 3.12. The van der Waals surface area contributed by atoms with Crippen LogP contribution in [-0.4, -0.2) is 21.5 Å². The maximum absolute atomic E-state index is 12.3. The molecule has 0 aliphatic carbocycles. The minimum absolute atomic E-state index is 1.08. The van der Waals surface area contributed by atoms with Gasteiger partial charge in [-0.05, 0) is 0 Å². The SMILES string of the molecule is O=[N+]([O-])C(F)(CS)[N+](=O)[O-]. The van der Waals surface area contributed by atoms with Crippen molar-refractivity contribution >= 4 is 12.6 Å². The van der Waals surface area contributed by atoms with Crippen LogP contribution >= 0.6 is 12.6 Å². The number of hydrogen-bond acceptors (Lipinski definition) is 5. The summed E-state index contributed by atoms with van der Waals surface area (Å²) in [6, 6.07) is 0. The molecule has 0 heterocycles. The van der Waals surface area contributed by atoms with Crippen molar-refractivity contribution in [2.75, 3.05) is 5.75 Å². The molecule has 0 aliphatic rings. The van der Waals surface area contributed by atoms with Crippen molar-refractivity contribution in [2.45, 2.75) is 5.92 Å². The molecule has 8 heteroatoms. The largest absolute Gasteiger partial charge is 0.622 e. The third-order valence-electron chi connectivity index (χ3n) is 0.761. The molecular weight excluding hydrogens is 167 g/mol. The Kier molecular flexibility index (Phi) is 2.52. The van der Waals surface area contributed by atoms with Crippen molar-refractivity contribution in [1.29, 1.82) is 0 Å². The van der Waals surface area contributed by atoms with Gasteiger partial charge in [0.2, 0.25) is 0 Å². The highest BCUT2D eigenvalue weighted by Gasteiger charge is 2.56. The fourth-order valence-corrected chi connectivity index (χ4v) is 0.413. The number of nitro groups is 2. The first-order chi connectivity index (χ1) is 4.45. The Labute approximate surface area is 59.7 Å². The Bertz CT molecular complexity index is 159. The number of rotatable bonds is 3. The standard InChI is InChI=1S/C2H3FN2O4S/c3-2(1-10,4(6)7)5(8)9/h10H,1H2. The predicted octanol–water partition coefficient (Wildman–Crippen LogP) is 0.0929. The highest BCUT2D eigenvalue weighted by molar-refractivity contribution is 7.80. The average molecular weight is 170 g/mol. The van der Waals surface area contributed by atoms with Crippen LogP contribution in [-0.2, 0) is 0 Å². The molecule has 0 N–H and O–H groups in total. The van der Waals surface area contributed by atoms with Crippen LogP contribution in [0.5, 0.6) is 0 Å². The zero-order valence-corrected chi connectivity index (χ0v) is 5.45. The molecule has 6 nitrogen and oxygen atoms in total. The number of alkyl halides is 1. The highest BCUT2D eigenvalue weighted by Crippen LogP contribution is 2.13. The van der Waals surface area contributed by atoms with Crippen LogP contribution in [0.2, 0.25) is 0 Å². The van der Waals surface area contributed by atoms with E-state index in [9.17, 15) is 24.6 Å². The van der Waals surface area contributed by atoms with Gasteiger partial charge in [-0.25, -0.2) is 0 Å². The Morgan fingerprint density at radius 1 is 1.40 bits per heavy atom. The molecular formula is C2H3FN2O4S. The van der Waals surface area contributed by atoms with E-state index in [-0.39, 0.29) is 0 Å². The fourth-order valence-electron chi connectivity index (χ4n) is 0.182. The Balaban J connectivity index is 4.55. The van der Waals surface area contributed by atoms with Gasteiger partial charge in [0.05, 0.1) is 0 Å². The molecule has 0 aliphatic heterocycles. The third-order valence-corrected chi connectivity index (χ3v) is 1.16. The number of nitrogens with zero attached hydrogens (tertiary/aromatic N) is 2. The second kappa shape index (κ2) is 2.78. The van der Waals surface area contributed by atoms with E-state index in [1.807, 2.05) is 0 Å². The Morgan fingerprint density at radius 2 is 1.70 bits per heavy atom. The normalized spacial score (nSPS) is 11.0. The minimum atomic E-state index is -3.65. The molecule has 0 spiro atoms. The minimum Gasteiger partial charge on any atom is -0.256 e. The van der Waals surface area contributed by atoms with Crippen molar-refractivity contribution in [2.24, 2.45) is 0 Å². The monoisotopic (exact) mass is 170 g/mol. The van der Waals surface area contributed by atoms with Gasteiger partial charge in [-0.2, -0.15) is 12.6 Å². The zero-order valence-electron chi connectivity index (χ0n) is 4.56. The first-order valence-corrected chi connectivity index (χ1v) is 2.67. The fraction of sp³-hybridized carbons (Fsp3) is 1.00. The second-order valence-electron chi connectivity index (χ2n) is 1.39. The molecule has 0 aromatic heterocycles. The van der Waals surface area contributed by atoms with E-state index in [1.54, 1.807) is 0 Å². The van der Waals surface area contributed by atoms with Crippen LogP contribution in [0, 0.1) is 20.2 Å². The van der Waals surface area contributed by atoms with Gasteiger partial charge in [0, 0.05) is 0 Å². The molecule has 0 atom stereocenters. The molecule has 0 rings (SSSR count). The van der Waals surface area contributed by atoms with Gasteiger partial charge in [0.1, 0.15) is 9.85 Å². The van der Waals surface area contributed by atoms with Gasteiger partial charge < -0.3 is 0 Å². The summed E-state index contributed by atoms with van der Waals surface area (Å²) in [5, 5.41) is 19.3. The highest BCUT2D eigenvalue weighted by atomic mass is 32.1. The summed E-state index contributed by atoms with van der Waals surface area (Å²) in [5.74, 6) is -4.73. The van der Waals surface area contributed by atoms with Crippen LogP contribution in [0.3, 0.4) is 0 Å². The second-order valence-corrected chi connectivity index (χ2v) is 1.71. The molecule has 0 aromatic rings. The topological polar surface area (TPSA) is 86.3 Å².